The third-order valence-corrected chi connectivity index (χ3v) is 5.91. The second kappa shape index (κ2) is 9.24. The molecule has 2 aromatic heterocycles. The van der Waals surface area contributed by atoms with Gasteiger partial charge in [0.25, 0.3) is 5.91 Å². The molecule has 7 heteroatoms. The van der Waals surface area contributed by atoms with Crippen LogP contribution in [-0.4, -0.2) is 29.2 Å². The maximum atomic E-state index is 12.6. The molecule has 1 fully saturated rings. The lowest BCUT2D eigenvalue weighted by Crippen LogP contribution is -2.25. The van der Waals surface area contributed by atoms with E-state index in [1.54, 1.807) is 36.4 Å². The van der Waals surface area contributed by atoms with Crippen LogP contribution in [0.2, 0.25) is 0 Å². The molecule has 1 amide bonds. The van der Waals surface area contributed by atoms with Crippen LogP contribution in [0.25, 0.3) is 22.2 Å². The number of hydrogen-bond donors (Lipinski definition) is 1. The van der Waals surface area contributed by atoms with E-state index in [0.717, 1.165) is 30.2 Å². The average Bonchev–Trinajstić information content (AvgIpc) is 3.14. The lowest BCUT2D eigenvalue weighted by Gasteiger charge is -2.20. The van der Waals surface area contributed by atoms with E-state index in [1.807, 2.05) is 30.3 Å². The SMILES string of the molecule is O=C(Nc1ccc(-c2ccc(N3CCCCCC3)nn2)cc1)c1cc2ccccc2oc1=O. The molecule has 1 N–H and O–H groups in total. The van der Waals surface area contributed by atoms with Crippen molar-refractivity contribution in [2.45, 2.75) is 25.7 Å². The molecule has 0 unspecified atom stereocenters. The number of rotatable bonds is 4. The van der Waals surface area contributed by atoms with Gasteiger partial charge in [0.15, 0.2) is 5.82 Å². The first-order valence-corrected chi connectivity index (χ1v) is 11.2. The molecule has 166 valence electrons. The molecule has 4 aromatic rings. The van der Waals surface area contributed by atoms with Gasteiger partial charge in [-0.1, -0.05) is 43.2 Å². The molecular formula is C26H24N4O3. The number of fused-ring (bicyclic) bond motifs is 1. The lowest BCUT2D eigenvalue weighted by molar-refractivity contribution is 0.102. The number of para-hydroxylation sites is 1. The molecule has 33 heavy (non-hydrogen) atoms. The summed E-state index contributed by atoms with van der Waals surface area (Å²) in [6.45, 7) is 2.05. The van der Waals surface area contributed by atoms with Crippen molar-refractivity contribution in [2.75, 3.05) is 23.3 Å². The Hall–Kier alpha value is -4.00. The fourth-order valence-electron chi connectivity index (χ4n) is 4.09. The van der Waals surface area contributed by atoms with Crippen molar-refractivity contribution in [1.29, 1.82) is 0 Å². The number of anilines is 2. The standard InChI is InChI=1S/C26H24N4O3/c31-25(21-17-19-7-3-4-8-23(19)33-26(21)32)27-20-11-9-18(10-12-20)22-13-14-24(29-28-22)30-15-5-1-2-6-16-30/h3-4,7-14,17H,1-2,5-6,15-16H2,(H,27,31). The lowest BCUT2D eigenvalue weighted by atomic mass is 10.1. The maximum absolute atomic E-state index is 12.6. The second-order valence-electron chi connectivity index (χ2n) is 8.19. The smallest absolute Gasteiger partial charge is 0.349 e. The summed E-state index contributed by atoms with van der Waals surface area (Å²) in [5.74, 6) is 0.405. The summed E-state index contributed by atoms with van der Waals surface area (Å²) >= 11 is 0. The van der Waals surface area contributed by atoms with Gasteiger partial charge < -0.3 is 14.6 Å². The number of benzene rings is 2. The monoisotopic (exact) mass is 440 g/mol. The fraction of sp³-hybridized carbons (Fsp3) is 0.231. The molecule has 0 spiro atoms. The Bertz CT molecular complexity index is 1320. The molecule has 7 nitrogen and oxygen atoms in total. The van der Waals surface area contributed by atoms with Crippen LogP contribution in [0.1, 0.15) is 36.0 Å². The van der Waals surface area contributed by atoms with Crippen LogP contribution in [0, 0.1) is 0 Å². The first kappa shape index (κ1) is 20.9. The van der Waals surface area contributed by atoms with E-state index in [4.69, 9.17) is 4.42 Å². The first-order valence-electron chi connectivity index (χ1n) is 11.2. The van der Waals surface area contributed by atoms with Crippen molar-refractivity contribution < 1.29 is 9.21 Å². The largest absolute Gasteiger partial charge is 0.422 e. The summed E-state index contributed by atoms with van der Waals surface area (Å²) in [5.41, 5.74) is 1.99. The number of carbonyl (C=O) groups excluding carboxylic acids is 1. The highest BCUT2D eigenvalue weighted by Crippen LogP contribution is 2.22. The van der Waals surface area contributed by atoms with Crippen LogP contribution in [-0.2, 0) is 0 Å². The maximum Gasteiger partial charge on any atom is 0.349 e. The number of nitrogens with zero attached hydrogens (tertiary/aromatic N) is 3. The molecule has 3 heterocycles. The number of carbonyl (C=O) groups is 1. The Labute approximate surface area is 191 Å². The summed E-state index contributed by atoms with van der Waals surface area (Å²) in [6.07, 6.45) is 4.93. The average molecular weight is 441 g/mol. The number of amides is 1. The topological polar surface area (TPSA) is 88.3 Å². The van der Waals surface area contributed by atoms with Gasteiger partial charge in [-0.2, -0.15) is 0 Å². The van der Waals surface area contributed by atoms with E-state index < -0.39 is 11.5 Å². The van der Waals surface area contributed by atoms with Crippen molar-refractivity contribution in [2.24, 2.45) is 0 Å². The van der Waals surface area contributed by atoms with Gasteiger partial charge in [0.2, 0.25) is 0 Å². The van der Waals surface area contributed by atoms with Crippen molar-refractivity contribution >= 4 is 28.4 Å². The minimum atomic E-state index is -0.664. The Kier molecular flexibility index (Phi) is 5.85. The third-order valence-electron chi connectivity index (χ3n) is 5.91. The summed E-state index contributed by atoms with van der Waals surface area (Å²) in [5, 5.41) is 12.3. The highest BCUT2D eigenvalue weighted by atomic mass is 16.4. The van der Waals surface area contributed by atoms with E-state index in [1.165, 1.54) is 25.7 Å². The van der Waals surface area contributed by atoms with E-state index in [-0.39, 0.29) is 5.56 Å². The van der Waals surface area contributed by atoms with Crippen molar-refractivity contribution in [3.63, 3.8) is 0 Å². The van der Waals surface area contributed by atoms with Gasteiger partial charge in [0, 0.05) is 29.7 Å². The van der Waals surface area contributed by atoms with Gasteiger partial charge in [0.1, 0.15) is 11.1 Å². The third kappa shape index (κ3) is 4.62. The van der Waals surface area contributed by atoms with Crippen LogP contribution < -0.4 is 15.8 Å². The van der Waals surface area contributed by atoms with Gasteiger partial charge in [0.05, 0.1) is 5.69 Å². The van der Waals surface area contributed by atoms with Crippen molar-refractivity contribution in [3.8, 4) is 11.3 Å². The van der Waals surface area contributed by atoms with Gasteiger partial charge >= 0.3 is 5.63 Å². The molecule has 0 aliphatic carbocycles. The quantitative estimate of drug-likeness (QED) is 0.455. The molecule has 1 aliphatic heterocycles. The molecule has 0 radical (unpaired) electrons. The molecule has 0 bridgehead atoms. The molecule has 0 saturated carbocycles. The van der Waals surface area contributed by atoms with Gasteiger partial charge in [-0.15, -0.1) is 10.2 Å². The van der Waals surface area contributed by atoms with Crippen molar-refractivity contribution in [3.05, 3.63) is 82.7 Å². The van der Waals surface area contributed by atoms with Gasteiger partial charge in [-0.25, -0.2) is 4.79 Å². The summed E-state index contributed by atoms with van der Waals surface area (Å²) in [7, 11) is 0. The Balaban J connectivity index is 1.29. The normalized spacial score (nSPS) is 14.1. The van der Waals surface area contributed by atoms with Crippen LogP contribution in [0.4, 0.5) is 11.5 Å². The first-order chi connectivity index (χ1) is 16.2. The highest BCUT2D eigenvalue weighted by molar-refractivity contribution is 6.05. The molecule has 1 aliphatic rings. The second-order valence-corrected chi connectivity index (χ2v) is 8.19. The molecule has 0 atom stereocenters. The predicted molar refractivity (Wildman–Crippen MR) is 129 cm³/mol. The molecule has 1 saturated heterocycles. The van der Waals surface area contributed by atoms with E-state index in [0.29, 0.717) is 16.7 Å². The summed E-state index contributed by atoms with van der Waals surface area (Å²) < 4.78 is 5.25. The van der Waals surface area contributed by atoms with E-state index in [9.17, 15) is 9.59 Å². The zero-order valence-corrected chi connectivity index (χ0v) is 18.2. The fourth-order valence-corrected chi connectivity index (χ4v) is 4.09. The molecule has 2 aromatic carbocycles. The number of aromatic nitrogens is 2. The van der Waals surface area contributed by atoms with Crippen LogP contribution in [0.3, 0.4) is 0 Å². The van der Waals surface area contributed by atoms with E-state index in [2.05, 4.69) is 20.4 Å². The minimum absolute atomic E-state index is 0.0345. The highest BCUT2D eigenvalue weighted by Gasteiger charge is 2.15. The Morgan fingerprint density at radius 2 is 1.64 bits per heavy atom. The van der Waals surface area contributed by atoms with Crippen LogP contribution >= 0.6 is 0 Å². The number of nitrogens with one attached hydrogen (secondary N) is 1. The summed E-state index contributed by atoms with van der Waals surface area (Å²) in [4.78, 5) is 27.2. The Morgan fingerprint density at radius 1 is 0.879 bits per heavy atom. The number of hydrogen-bond acceptors (Lipinski definition) is 6. The zero-order chi connectivity index (χ0) is 22.6. The van der Waals surface area contributed by atoms with Gasteiger partial charge in [-0.3, -0.25) is 4.79 Å². The van der Waals surface area contributed by atoms with Crippen LogP contribution in [0.5, 0.6) is 0 Å². The van der Waals surface area contributed by atoms with Crippen molar-refractivity contribution in [1.82, 2.24) is 10.2 Å². The minimum Gasteiger partial charge on any atom is -0.422 e. The zero-order valence-electron chi connectivity index (χ0n) is 18.2. The molecule has 5 rings (SSSR count). The predicted octanol–water partition coefficient (Wildman–Crippen LogP) is 4.88. The summed E-state index contributed by atoms with van der Waals surface area (Å²) in [6, 6.07) is 19.9. The van der Waals surface area contributed by atoms with E-state index >= 15 is 0 Å². The molecular weight excluding hydrogens is 416 g/mol. The van der Waals surface area contributed by atoms with Crippen LogP contribution in [0.15, 0.2) is 75.9 Å². The van der Waals surface area contributed by atoms with Gasteiger partial charge in [-0.05, 0) is 49.2 Å². The Morgan fingerprint density at radius 3 is 2.36 bits per heavy atom.